The Kier molecular flexibility index (Phi) is 4.20. The van der Waals surface area contributed by atoms with E-state index in [1.54, 1.807) is 6.20 Å². The highest BCUT2D eigenvalue weighted by Gasteiger charge is 2.43. The Morgan fingerprint density at radius 1 is 1.58 bits per heavy atom. The summed E-state index contributed by atoms with van der Waals surface area (Å²) in [4.78, 5) is 16.6. The Morgan fingerprint density at radius 3 is 2.84 bits per heavy atom. The van der Waals surface area contributed by atoms with Gasteiger partial charge in [-0.3, -0.25) is 9.78 Å². The molecule has 1 fully saturated rings. The van der Waals surface area contributed by atoms with E-state index in [9.17, 15) is 4.79 Å². The third kappa shape index (κ3) is 3.13. The average Bonchev–Trinajstić information content (AvgIpc) is 3.23. The van der Waals surface area contributed by atoms with Gasteiger partial charge in [-0.15, -0.1) is 0 Å². The molecule has 1 aliphatic rings. The summed E-state index contributed by atoms with van der Waals surface area (Å²) in [5, 5.41) is 0. The minimum absolute atomic E-state index is 0.202. The lowest BCUT2D eigenvalue weighted by Gasteiger charge is -2.29. The minimum Gasteiger partial charge on any atom is -0.469 e. The number of nitrogens with two attached hydrogens (primary N) is 1. The van der Waals surface area contributed by atoms with Crippen molar-refractivity contribution in [2.75, 3.05) is 13.7 Å². The monoisotopic (exact) mass is 262 g/mol. The Morgan fingerprint density at radius 2 is 2.32 bits per heavy atom. The predicted molar refractivity (Wildman–Crippen MR) is 73.5 cm³/mol. The second-order valence-electron chi connectivity index (χ2n) is 5.57. The molecule has 0 aromatic carbocycles. The number of esters is 1. The van der Waals surface area contributed by atoms with Crippen molar-refractivity contribution in [3.8, 4) is 0 Å². The van der Waals surface area contributed by atoms with E-state index in [0.29, 0.717) is 18.9 Å². The number of methoxy groups -OCH3 is 1. The molecule has 0 amide bonds. The number of carbonyl (C=O) groups excluding carboxylic acids is 1. The number of rotatable bonds is 6. The van der Waals surface area contributed by atoms with Crippen LogP contribution in [-0.2, 0) is 16.0 Å². The van der Waals surface area contributed by atoms with Gasteiger partial charge in [-0.25, -0.2) is 0 Å². The predicted octanol–water partition coefficient (Wildman–Crippen LogP) is 1.85. The highest BCUT2D eigenvalue weighted by molar-refractivity contribution is 5.77. The van der Waals surface area contributed by atoms with E-state index in [1.807, 2.05) is 19.1 Å². The van der Waals surface area contributed by atoms with E-state index in [-0.39, 0.29) is 5.97 Å². The topological polar surface area (TPSA) is 65.2 Å². The van der Waals surface area contributed by atoms with E-state index in [4.69, 9.17) is 10.5 Å². The first-order chi connectivity index (χ1) is 9.11. The van der Waals surface area contributed by atoms with Crippen LogP contribution in [0.25, 0.3) is 0 Å². The summed E-state index contributed by atoms with van der Waals surface area (Å²) in [6.45, 7) is 2.32. The number of hydrogen-bond donors (Lipinski definition) is 1. The Balaban J connectivity index is 2.25. The van der Waals surface area contributed by atoms with Crippen molar-refractivity contribution in [3.63, 3.8) is 0 Å². The van der Waals surface area contributed by atoms with Crippen molar-refractivity contribution < 1.29 is 9.53 Å². The summed E-state index contributed by atoms with van der Waals surface area (Å²) in [5.41, 5.74) is 7.35. The van der Waals surface area contributed by atoms with Crippen LogP contribution in [0.15, 0.2) is 18.3 Å². The quantitative estimate of drug-likeness (QED) is 0.795. The van der Waals surface area contributed by atoms with Gasteiger partial charge >= 0.3 is 5.97 Å². The molecule has 4 nitrogen and oxygen atoms in total. The first-order valence-corrected chi connectivity index (χ1v) is 6.80. The smallest absolute Gasteiger partial charge is 0.313 e. The van der Waals surface area contributed by atoms with Gasteiger partial charge in [0.05, 0.1) is 12.5 Å². The molecule has 19 heavy (non-hydrogen) atoms. The number of aryl methyl sites for hydroxylation is 1. The first-order valence-electron chi connectivity index (χ1n) is 6.80. The summed E-state index contributed by atoms with van der Waals surface area (Å²) < 4.78 is 5.00. The maximum atomic E-state index is 12.2. The number of pyridine rings is 1. The van der Waals surface area contributed by atoms with Crippen LogP contribution < -0.4 is 5.73 Å². The molecule has 0 aliphatic heterocycles. The maximum Gasteiger partial charge on any atom is 0.313 e. The Hall–Kier alpha value is -1.42. The van der Waals surface area contributed by atoms with E-state index in [0.717, 1.165) is 17.7 Å². The van der Waals surface area contributed by atoms with Gasteiger partial charge in [0, 0.05) is 24.9 Å². The maximum absolute atomic E-state index is 12.2. The van der Waals surface area contributed by atoms with E-state index in [2.05, 4.69) is 4.98 Å². The van der Waals surface area contributed by atoms with Gasteiger partial charge in [0.2, 0.25) is 0 Å². The zero-order chi connectivity index (χ0) is 13.9. The molecule has 2 rings (SSSR count). The zero-order valence-corrected chi connectivity index (χ0v) is 11.7. The summed E-state index contributed by atoms with van der Waals surface area (Å²) in [7, 11) is 1.44. The normalized spacial score (nSPS) is 17.8. The van der Waals surface area contributed by atoms with Crippen LogP contribution in [-0.4, -0.2) is 24.6 Å². The van der Waals surface area contributed by atoms with Crippen LogP contribution in [0.2, 0.25) is 0 Å². The third-order valence-corrected chi connectivity index (χ3v) is 4.01. The van der Waals surface area contributed by atoms with E-state index in [1.165, 1.54) is 20.0 Å². The van der Waals surface area contributed by atoms with Gasteiger partial charge in [0.25, 0.3) is 0 Å². The molecule has 104 valence electrons. The molecule has 0 spiro atoms. The molecule has 1 aromatic heterocycles. The lowest BCUT2D eigenvalue weighted by atomic mass is 9.77. The fourth-order valence-electron chi connectivity index (χ4n) is 2.58. The molecule has 1 aliphatic carbocycles. The molecule has 1 saturated carbocycles. The number of ether oxygens (including phenoxy) is 1. The van der Waals surface area contributed by atoms with Gasteiger partial charge in [-0.1, -0.05) is 18.9 Å². The van der Waals surface area contributed by atoms with Gasteiger partial charge in [0.1, 0.15) is 0 Å². The van der Waals surface area contributed by atoms with Crippen molar-refractivity contribution in [1.82, 2.24) is 4.98 Å². The van der Waals surface area contributed by atoms with Gasteiger partial charge < -0.3 is 10.5 Å². The molecule has 0 radical (unpaired) electrons. The number of aromatic nitrogens is 1. The standard InChI is InChI=1S/C15H22N2O2/c1-11-4-3-7-17-13(11)9-15(10-16,14(18)19-2)8-12-5-6-12/h3-4,7,12H,5-6,8-10,16H2,1-2H3. The molecular weight excluding hydrogens is 240 g/mol. The van der Waals surface area contributed by atoms with Gasteiger partial charge in [-0.05, 0) is 30.9 Å². The van der Waals surface area contributed by atoms with Crippen molar-refractivity contribution in [2.24, 2.45) is 17.1 Å². The van der Waals surface area contributed by atoms with Crippen LogP contribution in [0, 0.1) is 18.3 Å². The summed E-state index contributed by atoms with van der Waals surface area (Å²) in [6.07, 6.45) is 5.53. The van der Waals surface area contributed by atoms with E-state index < -0.39 is 5.41 Å². The van der Waals surface area contributed by atoms with Gasteiger partial charge in [0.15, 0.2) is 0 Å². The molecule has 1 aromatic rings. The highest BCUT2D eigenvalue weighted by atomic mass is 16.5. The second kappa shape index (κ2) is 5.70. The van der Waals surface area contributed by atoms with Crippen LogP contribution in [0.4, 0.5) is 0 Å². The lowest BCUT2D eigenvalue weighted by molar-refractivity contribution is -0.153. The number of nitrogens with zero attached hydrogens (tertiary/aromatic N) is 1. The van der Waals surface area contributed by atoms with Gasteiger partial charge in [-0.2, -0.15) is 0 Å². The van der Waals surface area contributed by atoms with Crippen LogP contribution >= 0.6 is 0 Å². The summed E-state index contributed by atoms with van der Waals surface area (Å²) >= 11 is 0. The largest absolute Gasteiger partial charge is 0.469 e. The van der Waals surface area contributed by atoms with Crippen LogP contribution in [0.1, 0.15) is 30.5 Å². The average molecular weight is 262 g/mol. The number of carbonyl (C=O) groups is 1. The van der Waals surface area contributed by atoms with Crippen LogP contribution in [0.5, 0.6) is 0 Å². The molecule has 1 heterocycles. The SMILES string of the molecule is COC(=O)C(CN)(Cc1ncccc1C)CC1CC1. The molecule has 4 heteroatoms. The van der Waals surface area contributed by atoms with Crippen molar-refractivity contribution >= 4 is 5.97 Å². The molecule has 0 saturated heterocycles. The van der Waals surface area contributed by atoms with Crippen molar-refractivity contribution in [1.29, 1.82) is 0 Å². The number of hydrogen-bond acceptors (Lipinski definition) is 4. The molecular formula is C15H22N2O2. The summed E-state index contributed by atoms with van der Waals surface area (Å²) in [6, 6.07) is 3.92. The first kappa shape index (κ1) is 14.0. The fourth-order valence-corrected chi connectivity index (χ4v) is 2.58. The zero-order valence-electron chi connectivity index (χ0n) is 11.7. The molecule has 1 atom stereocenters. The van der Waals surface area contributed by atoms with Crippen molar-refractivity contribution in [3.05, 3.63) is 29.6 Å². The molecule has 0 bridgehead atoms. The molecule has 2 N–H and O–H groups in total. The summed E-state index contributed by atoms with van der Waals surface area (Å²) in [5.74, 6) is 0.415. The fraction of sp³-hybridized carbons (Fsp3) is 0.600. The second-order valence-corrected chi connectivity index (χ2v) is 5.57. The third-order valence-electron chi connectivity index (χ3n) is 4.01. The minimum atomic E-state index is -0.616. The Labute approximate surface area is 114 Å². The van der Waals surface area contributed by atoms with E-state index >= 15 is 0 Å². The Bertz CT molecular complexity index is 457. The van der Waals surface area contributed by atoms with Crippen molar-refractivity contribution in [2.45, 2.75) is 32.6 Å². The lowest BCUT2D eigenvalue weighted by Crippen LogP contribution is -2.42. The highest BCUT2D eigenvalue weighted by Crippen LogP contribution is 2.42. The molecule has 1 unspecified atom stereocenters. The van der Waals surface area contributed by atoms with Crippen LogP contribution in [0.3, 0.4) is 0 Å².